The highest BCUT2D eigenvalue weighted by atomic mass is 35.7. The first-order chi connectivity index (χ1) is 4.20. The first-order valence-corrected chi connectivity index (χ1v) is 5.82. The Morgan fingerprint density at radius 3 is 1.67 bits per heavy atom. The normalized spacial score (nSPS) is 17.3. The van der Waals surface area contributed by atoms with Gasteiger partial charge >= 0.3 is 0 Å². The van der Waals surface area contributed by atoms with Crippen molar-refractivity contribution in [3.63, 3.8) is 0 Å². The molecule has 0 fully saturated rings. The molecule has 56 valence electrons. The van der Waals surface area contributed by atoms with Crippen molar-refractivity contribution < 1.29 is 4.74 Å². The molecule has 0 aliphatic heterocycles. The molecular formula is C4H8Cl2OS2. The molecule has 0 amide bonds. The van der Waals surface area contributed by atoms with Crippen molar-refractivity contribution in [1.82, 2.24) is 0 Å². The van der Waals surface area contributed by atoms with Gasteiger partial charge in [-0.2, -0.15) is 0 Å². The van der Waals surface area contributed by atoms with Crippen LogP contribution in [0.3, 0.4) is 0 Å². The summed E-state index contributed by atoms with van der Waals surface area (Å²) in [7, 11) is 13.1. The third-order valence-electron chi connectivity index (χ3n) is 0.634. The minimum absolute atomic E-state index is 0.00733. The fourth-order valence-electron chi connectivity index (χ4n) is 0.312. The van der Waals surface area contributed by atoms with Crippen LogP contribution >= 0.6 is 43.3 Å². The average molecular weight is 207 g/mol. The largest absolute Gasteiger partial charge is 0.352 e. The molecule has 5 heteroatoms. The molecule has 1 nitrogen and oxygen atoms in total. The van der Waals surface area contributed by atoms with Gasteiger partial charge < -0.3 is 4.74 Å². The van der Waals surface area contributed by atoms with Gasteiger partial charge in [0.15, 0.2) is 0 Å². The summed E-state index contributed by atoms with van der Waals surface area (Å²) in [5.41, 5.74) is 0.0147. The highest BCUT2D eigenvalue weighted by Gasteiger charge is 2.06. The predicted octanol–water partition coefficient (Wildman–Crippen LogP) is 3.47. The lowest BCUT2D eigenvalue weighted by Gasteiger charge is -2.12. The van der Waals surface area contributed by atoms with Crippen LogP contribution in [0.5, 0.6) is 0 Å². The summed E-state index contributed by atoms with van der Waals surface area (Å²) in [6.45, 7) is 3.75. The van der Waals surface area contributed by atoms with Crippen LogP contribution in [0.1, 0.15) is 13.8 Å². The molecular weight excluding hydrogens is 199 g/mol. The number of rotatable bonds is 4. The second-order valence-corrected chi connectivity index (χ2v) is 4.20. The van der Waals surface area contributed by atoms with E-state index in [2.05, 4.69) is 0 Å². The maximum atomic E-state index is 5.39. The highest BCUT2D eigenvalue weighted by molar-refractivity contribution is 8.22. The molecule has 0 saturated heterocycles. The summed E-state index contributed by atoms with van der Waals surface area (Å²) < 4.78 is 5.21. The zero-order valence-electron chi connectivity index (χ0n) is 5.14. The summed E-state index contributed by atoms with van der Waals surface area (Å²) >= 11 is 0. The molecule has 0 radical (unpaired) electrons. The molecule has 0 aliphatic carbocycles. The van der Waals surface area contributed by atoms with Crippen LogP contribution in [-0.2, 0) is 4.74 Å². The molecule has 2 atom stereocenters. The van der Waals surface area contributed by atoms with Gasteiger partial charge in [-0.3, -0.25) is 0 Å². The Labute approximate surface area is 72.8 Å². The number of ether oxygens (including phenoxy) is 1. The predicted molar refractivity (Wildman–Crippen MR) is 46.9 cm³/mol. The molecule has 0 aliphatic rings. The zero-order valence-corrected chi connectivity index (χ0v) is 8.28. The standard InChI is InChI=1S/C4H8Cl2OS2/c1-3(8-5)7-4(2)9-6/h3-4H,1-2H3. The van der Waals surface area contributed by atoms with Crippen LogP contribution in [0.15, 0.2) is 0 Å². The quantitative estimate of drug-likeness (QED) is 0.653. The fraction of sp³-hybridized carbons (Fsp3) is 1.00. The molecule has 0 aromatic carbocycles. The van der Waals surface area contributed by atoms with Crippen molar-refractivity contribution in [2.24, 2.45) is 0 Å². The molecule has 0 spiro atoms. The van der Waals surface area contributed by atoms with Crippen LogP contribution in [0.25, 0.3) is 0 Å². The summed E-state index contributed by atoms with van der Waals surface area (Å²) in [5, 5.41) is 0. The van der Waals surface area contributed by atoms with E-state index in [0.29, 0.717) is 0 Å². The number of halogens is 2. The summed E-state index contributed by atoms with van der Waals surface area (Å²) in [6, 6.07) is 0. The maximum absolute atomic E-state index is 5.39. The molecule has 0 N–H and O–H groups in total. The Bertz CT molecular complexity index is 65.6. The zero-order chi connectivity index (χ0) is 7.28. The van der Waals surface area contributed by atoms with Crippen LogP contribution in [0, 0.1) is 0 Å². The molecule has 0 aromatic heterocycles. The van der Waals surface area contributed by atoms with Crippen molar-refractivity contribution in [2.75, 3.05) is 0 Å². The molecule has 0 bridgehead atoms. The van der Waals surface area contributed by atoms with E-state index in [1.54, 1.807) is 0 Å². The molecule has 0 saturated carbocycles. The Morgan fingerprint density at radius 1 is 1.11 bits per heavy atom. The van der Waals surface area contributed by atoms with Gasteiger partial charge in [0.2, 0.25) is 0 Å². The number of hydrogen-bond acceptors (Lipinski definition) is 3. The van der Waals surface area contributed by atoms with Crippen LogP contribution in [0.2, 0.25) is 0 Å². The first kappa shape index (κ1) is 10.2. The van der Waals surface area contributed by atoms with Crippen LogP contribution in [0.4, 0.5) is 0 Å². The molecule has 0 rings (SSSR count). The van der Waals surface area contributed by atoms with Gasteiger partial charge in [0.25, 0.3) is 0 Å². The van der Waals surface area contributed by atoms with Gasteiger partial charge in [-0.25, -0.2) is 0 Å². The van der Waals surface area contributed by atoms with E-state index in [9.17, 15) is 0 Å². The van der Waals surface area contributed by atoms with Crippen molar-refractivity contribution >= 4 is 43.3 Å². The third kappa shape index (κ3) is 5.67. The minimum atomic E-state index is 0.00733. The Hall–Kier alpha value is 1.24. The van der Waals surface area contributed by atoms with Crippen molar-refractivity contribution in [1.29, 1.82) is 0 Å². The minimum Gasteiger partial charge on any atom is -0.352 e. The van der Waals surface area contributed by atoms with E-state index in [1.165, 1.54) is 0 Å². The van der Waals surface area contributed by atoms with Crippen LogP contribution in [-0.4, -0.2) is 10.9 Å². The van der Waals surface area contributed by atoms with E-state index in [-0.39, 0.29) is 10.9 Å². The molecule has 2 unspecified atom stereocenters. The average Bonchev–Trinajstić information content (AvgIpc) is 1.87. The lowest BCUT2D eigenvalue weighted by Crippen LogP contribution is -2.07. The van der Waals surface area contributed by atoms with E-state index in [4.69, 9.17) is 26.1 Å². The molecule has 0 heterocycles. The molecule has 0 aromatic rings. The monoisotopic (exact) mass is 206 g/mol. The Balaban J connectivity index is 3.22. The van der Waals surface area contributed by atoms with E-state index >= 15 is 0 Å². The van der Waals surface area contributed by atoms with E-state index < -0.39 is 0 Å². The van der Waals surface area contributed by atoms with Gasteiger partial charge in [-0.05, 0) is 57.2 Å². The highest BCUT2D eigenvalue weighted by Crippen LogP contribution is 2.23. The van der Waals surface area contributed by atoms with Gasteiger partial charge in [-0.1, -0.05) is 0 Å². The van der Waals surface area contributed by atoms with Gasteiger partial charge in [0, 0.05) is 0 Å². The second-order valence-electron chi connectivity index (χ2n) is 1.45. The van der Waals surface area contributed by atoms with E-state index in [0.717, 1.165) is 22.0 Å². The van der Waals surface area contributed by atoms with E-state index in [1.807, 2.05) is 13.8 Å². The molecule has 9 heavy (non-hydrogen) atoms. The van der Waals surface area contributed by atoms with Gasteiger partial charge in [0.1, 0.15) is 10.9 Å². The Kier molecular flexibility index (Phi) is 6.81. The van der Waals surface area contributed by atoms with Gasteiger partial charge in [0.05, 0.1) is 0 Å². The third-order valence-corrected chi connectivity index (χ3v) is 2.86. The van der Waals surface area contributed by atoms with Crippen molar-refractivity contribution in [3.8, 4) is 0 Å². The lowest BCUT2D eigenvalue weighted by molar-refractivity contribution is 0.115. The van der Waals surface area contributed by atoms with Crippen LogP contribution < -0.4 is 0 Å². The summed E-state index contributed by atoms with van der Waals surface area (Å²) in [5.74, 6) is 0. The number of hydrogen-bond donors (Lipinski definition) is 0. The lowest BCUT2D eigenvalue weighted by atomic mass is 10.8. The SMILES string of the molecule is CC(OC(C)SCl)SCl. The summed E-state index contributed by atoms with van der Waals surface area (Å²) in [6.07, 6.45) is 0. The summed E-state index contributed by atoms with van der Waals surface area (Å²) in [4.78, 5) is 0. The Morgan fingerprint density at radius 2 is 1.44 bits per heavy atom. The topological polar surface area (TPSA) is 9.23 Å². The second kappa shape index (κ2) is 5.98. The van der Waals surface area contributed by atoms with Gasteiger partial charge in [-0.15, -0.1) is 0 Å². The van der Waals surface area contributed by atoms with Crippen molar-refractivity contribution in [2.45, 2.75) is 24.7 Å². The smallest absolute Gasteiger partial charge is 0.116 e. The fourth-order valence-corrected chi connectivity index (χ4v) is 1.05. The van der Waals surface area contributed by atoms with Crippen molar-refractivity contribution in [3.05, 3.63) is 0 Å². The maximum Gasteiger partial charge on any atom is 0.116 e. The first-order valence-electron chi connectivity index (χ1n) is 2.41.